The molecule has 6 aromatic carbocycles. The minimum Gasteiger partial charge on any atom is -0.334 e. The summed E-state index contributed by atoms with van der Waals surface area (Å²) in [7, 11) is 0. The van der Waals surface area contributed by atoms with Crippen molar-refractivity contribution in [2.75, 3.05) is 14.7 Å². The molecule has 3 aliphatic heterocycles. The number of rotatable bonds is 3. The fraction of sp³-hybridized carbons (Fsp3) is 0.419. The van der Waals surface area contributed by atoms with Crippen LogP contribution in [0.4, 0.5) is 45.5 Å². The van der Waals surface area contributed by atoms with Crippen LogP contribution in [-0.4, -0.2) is 12.3 Å². The molecule has 4 aliphatic rings. The Balaban J connectivity index is 1.30. The first-order chi connectivity index (χ1) is 30.8. The molecular formula is C62H74BN3. The summed E-state index contributed by atoms with van der Waals surface area (Å²) in [6.45, 7) is 38.0. The number of fused-ring (bicyclic) bond motifs is 7. The van der Waals surface area contributed by atoms with Crippen LogP contribution in [0, 0.1) is 13.8 Å². The molecule has 0 amide bonds. The standard InChI is InChI=1S/C62H74BN3/c1-39-32-40(2)56-48(33-39)61(15)30-17-18-31-62(61,16)66(56)47-27-29-50-52(38-47)64(45-25-22-41(23-26-45)57(3,4)5)53-36-44(60(12,13)14)37-54-55(53)63(50)49-28-24-43(59(9,10)11)35-51(49)65(54)46-21-19-20-42(34-46)58(6,7)8/h19-29,32-38H,17-18,30-31H2,1-16H3. The molecule has 2 unspecified atom stereocenters. The maximum atomic E-state index is 2.80. The number of hydrogen-bond acceptors (Lipinski definition) is 3. The van der Waals surface area contributed by atoms with Crippen LogP contribution in [0.1, 0.15) is 162 Å². The van der Waals surface area contributed by atoms with E-state index in [1.54, 1.807) is 0 Å². The summed E-state index contributed by atoms with van der Waals surface area (Å²) in [6, 6.07) is 43.9. The van der Waals surface area contributed by atoms with Crippen LogP contribution < -0.4 is 31.1 Å². The third-order valence-corrected chi connectivity index (χ3v) is 16.5. The van der Waals surface area contributed by atoms with Gasteiger partial charge in [0.05, 0.1) is 5.54 Å². The van der Waals surface area contributed by atoms with Crippen molar-refractivity contribution in [3.05, 3.63) is 148 Å². The highest BCUT2D eigenvalue weighted by atomic mass is 15.3. The number of anilines is 8. The first-order valence-electron chi connectivity index (χ1n) is 25.0. The van der Waals surface area contributed by atoms with Crippen molar-refractivity contribution in [3.8, 4) is 0 Å². The Morgan fingerprint density at radius 3 is 1.61 bits per heavy atom. The number of benzene rings is 6. The van der Waals surface area contributed by atoms with E-state index in [-0.39, 0.29) is 39.3 Å². The first kappa shape index (κ1) is 44.6. The summed E-state index contributed by atoms with van der Waals surface area (Å²) in [5.41, 5.74) is 23.9. The highest BCUT2D eigenvalue weighted by Crippen LogP contribution is 2.62. The molecule has 0 aromatic heterocycles. The highest BCUT2D eigenvalue weighted by molar-refractivity contribution is 7.00. The Morgan fingerprint density at radius 1 is 0.470 bits per heavy atom. The molecule has 4 heteroatoms. The molecule has 3 nitrogen and oxygen atoms in total. The largest absolute Gasteiger partial charge is 0.334 e. The predicted molar refractivity (Wildman–Crippen MR) is 288 cm³/mol. The predicted octanol–water partition coefficient (Wildman–Crippen LogP) is 15.3. The van der Waals surface area contributed by atoms with Crippen LogP contribution in [0.5, 0.6) is 0 Å². The third-order valence-electron chi connectivity index (χ3n) is 16.5. The zero-order valence-corrected chi connectivity index (χ0v) is 43.1. The van der Waals surface area contributed by atoms with Gasteiger partial charge in [0, 0.05) is 50.9 Å². The SMILES string of the molecule is Cc1cc(C)c2c(c1)C1(C)CCCCC1(C)N2c1ccc2c(c1)N(c1ccc(C(C)(C)C)cc1)c1cc(C(C)(C)C)cc3c1B2c1ccc(C(C)(C)C)cc1N3c1cccc(C(C)(C)C)c1. The molecule has 6 aromatic rings. The molecule has 1 fully saturated rings. The fourth-order valence-corrected chi connectivity index (χ4v) is 12.4. The molecule has 3 heterocycles. The quantitative estimate of drug-likeness (QED) is 0.164. The average molecular weight is 872 g/mol. The van der Waals surface area contributed by atoms with Crippen molar-refractivity contribution in [3.63, 3.8) is 0 Å². The second kappa shape index (κ2) is 14.6. The van der Waals surface area contributed by atoms with E-state index in [2.05, 4.69) is 235 Å². The van der Waals surface area contributed by atoms with Gasteiger partial charge in [0.25, 0.3) is 6.71 Å². The fourth-order valence-electron chi connectivity index (χ4n) is 12.4. The van der Waals surface area contributed by atoms with Crippen molar-refractivity contribution >= 4 is 68.6 Å². The summed E-state index contributed by atoms with van der Waals surface area (Å²) < 4.78 is 0. The van der Waals surface area contributed by atoms with Crippen LogP contribution in [-0.2, 0) is 27.1 Å². The van der Waals surface area contributed by atoms with Gasteiger partial charge in [0.2, 0.25) is 0 Å². The minimum absolute atomic E-state index is 0.00310. The lowest BCUT2D eigenvalue weighted by Crippen LogP contribution is -2.61. The Bertz CT molecular complexity index is 2930. The average Bonchev–Trinajstić information content (AvgIpc) is 3.45. The molecule has 0 N–H and O–H groups in total. The van der Waals surface area contributed by atoms with E-state index < -0.39 is 0 Å². The highest BCUT2D eigenvalue weighted by Gasteiger charge is 2.58. The van der Waals surface area contributed by atoms with Gasteiger partial charge in [-0.05, 0) is 160 Å². The van der Waals surface area contributed by atoms with E-state index in [0.29, 0.717) is 0 Å². The zero-order valence-electron chi connectivity index (χ0n) is 43.1. The topological polar surface area (TPSA) is 9.72 Å². The molecule has 0 saturated heterocycles. The van der Waals surface area contributed by atoms with E-state index in [1.807, 2.05) is 0 Å². The summed E-state index contributed by atoms with van der Waals surface area (Å²) in [4.78, 5) is 8.08. The molecule has 0 spiro atoms. The van der Waals surface area contributed by atoms with Gasteiger partial charge in [0.1, 0.15) is 0 Å². The molecule has 10 rings (SSSR count). The molecule has 340 valence electrons. The van der Waals surface area contributed by atoms with Crippen LogP contribution in [0.2, 0.25) is 0 Å². The van der Waals surface area contributed by atoms with Crippen LogP contribution >= 0.6 is 0 Å². The summed E-state index contributed by atoms with van der Waals surface area (Å²) in [6.07, 6.45) is 4.91. The second-order valence-electron chi connectivity index (χ2n) is 25.3. The van der Waals surface area contributed by atoms with Crippen molar-refractivity contribution < 1.29 is 0 Å². The molecule has 0 radical (unpaired) electrons. The third kappa shape index (κ3) is 6.73. The molecule has 66 heavy (non-hydrogen) atoms. The number of nitrogens with zero attached hydrogens (tertiary/aromatic N) is 3. The van der Waals surface area contributed by atoms with Crippen LogP contribution in [0.25, 0.3) is 0 Å². The maximum absolute atomic E-state index is 2.80. The molecular weight excluding hydrogens is 798 g/mol. The smallest absolute Gasteiger partial charge is 0.252 e. The van der Waals surface area contributed by atoms with E-state index in [4.69, 9.17) is 0 Å². The summed E-state index contributed by atoms with van der Waals surface area (Å²) in [5, 5.41) is 0. The maximum Gasteiger partial charge on any atom is 0.252 e. The Morgan fingerprint density at radius 2 is 0.985 bits per heavy atom. The van der Waals surface area contributed by atoms with Gasteiger partial charge in [-0.3, -0.25) is 0 Å². The van der Waals surface area contributed by atoms with Gasteiger partial charge in [-0.1, -0.05) is 163 Å². The summed E-state index contributed by atoms with van der Waals surface area (Å²) in [5.74, 6) is 0. The Kier molecular flexibility index (Phi) is 9.90. The normalized spacial score (nSPS) is 20.2. The lowest BCUT2D eigenvalue weighted by Gasteiger charge is -2.51. The monoisotopic (exact) mass is 872 g/mol. The van der Waals surface area contributed by atoms with E-state index in [0.717, 1.165) is 0 Å². The molecule has 1 aliphatic carbocycles. The number of aryl methyl sites for hydroxylation is 2. The minimum atomic E-state index is -0.105. The van der Waals surface area contributed by atoms with Gasteiger partial charge in [0.15, 0.2) is 0 Å². The van der Waals surface area contributed by atoms with E-state index in [9.17, 15) is 0 Å². The summed E-state index contributed by atoms with van der Waals surface area (Å²) >= 11 is 0. The van der Waals surface area contributed by atoms with Crippen molar-refractivity contribution in [1.82, 2.24) is 0 Å². The molecule has 1 saturated carbocycles. The van der Waals surface area contributed by atoms with Gasteiger partial charge in [-0.25, -0.2) is 0 Å². The number of hydrogen-bond donors (Lipinski definition) is 0. The van der Waals surface area contributed by atoms with Crippen molar-refractivity contribution in [2.45, 2.75) is 169 Å². The Labute approximate surface area is 398 Å². The molecule has 2 atom stereocenters. The lowest BCUT2D eigenvalue weighted by molar-refractivity contribution is 0.195. The Hall–Kier alpha value is -5.22. The van der Waals surface area contributed by atoms with Crippen LogP contribution in [0.3, 0.4) is 0 Å². The van der Waals surface area contributed by atoms with Crippen molar-refractivity contribution in [2.24, 2.45) is 0 Å². The van der Waals surface area contributed by atoms with E-state index >= 15 is 0 Å². The second-order valence-corrected chi connectivity index (χ2v) is 25.3. The van der Waals surface area contributed by atoms with Gasteiger partial charge >= 0.3 is 0 Å². The van der Waals surface area contributed by atoms with Crippen molar-refractivity contribution in [1.29, 1.82) is 0 Å². The molecule has 0 bridgehead atoms. The zero-order chi connectivity index (χ0) is 47.3. The van der Waals surface area contributed by atoms with E-state index in [1.165, 1.54) is 127 Å². The van der Waals surface area contributed by atoms with Crippen LogP contribution in [0.15, 0.2) is 109 Å². The van der Waals surface area contributed by atoms with Gasteiger partial charge in [-0.15, -0.1) is 0 Å². The first-order valence-corrected chi connectivity index (χ1v) is 25.0. The lowest BCUT2D eigenvalue weighted by atomic mass is 9.33. The van der Waals surface area contributed by atoms with Gasteiger partial charge in [-0.2, -0.15) is 0 Å². The van der Waals surface area contributed by atoms with Gasteiger partial charge < -0.3 is 14.7 Å².